The third-order valence-corrected chi connectivity index (χ3v) is 2.56. The van der Waals surface area contributed by atoms with E-state index in [-0.39, 0.29) is 11.9 Å². The molecule has 1 saturated carbocycles. The maximum atomic E-state index is 11.3. The Morgan fingerprint density at radius 3 is 2.67 bits per heavy atom. The number of ether oxygens (including phenoxy) is 1. The lowest BCUT2D eigenvalue weighted by molar-refractivity contribution is -0.150. The quantitative estimate of drug-likeness (QED) is 0.640. The molecule has 0 aromatic carbocycles. The lowest BCUT2D eigenvalue weighted by Gasteiger charge is -2.31. The molecule has 1 aliphatic carbocycles. The normalized spacial score (nSPS) is 19.8. The second kappa shape index (κ2) is 4.45. The van der Waals surface area contributed by atoms with Gasteiger partial charge in [-0.3, -0.25) is 4.79 Å². The molecule has 3 nitrogen and oxygen atoms in total. The van der Waals surface area contributed by atoms with Gasteiger partial charge in [0.1, 0.15) is 0 Å². The molecule has 0 aromatic heterocycles. The highest BCUT2D eigenvalue weighted by Crippen LogP contribution is 2.33. The summed E-state index contributed by atoms with van der Waals surface area (Å²) in [5.74, 6) is 0.345. The topological polar surface area (TPSA) is 52.3 Å². The summed E-state index contributed by atoms with van der Waals surface area (Å²) in [7, 11) is 0. The van der Waals surface area contributed by atoms with Gasteiger partial charge < -0.3 is 10.5 Å². The average molecular weight is 171 g/mol. The van der Waals surface area contributed by atoms with E-state index in [0.29, 0.717) is 19.1 Å². The SMILES string of the molecule is CCOC(=O)C(CN)C1CCC1. The summed E-state index contributed by atoms with van der Waals surface area (Å²) in [4.78, 5) is 11.3. The zero-order chi connectivity index (χ0) is 8.97. The van der Waals surface area contributed by atoms with Gasteiger partial charge in [-0.1, -0.05) is 6.42 Å². The molecule has 1 rings (SSSR count). The van der Waals surface area contributed by atoms with Crippen molar-refractivity contribution in [3.8, 4) is 0 Å². The minimum atomic E-state index is -0.107. The first-order valence-electron chi connectivity index (χ1n) is 4.66. The summed E-state index contributed by atoms with van der Waals surface area (Å²) in [5.41, 5.74) is 5.51. The fraction of sp³-hybridized carbons (Fsp3) is 0.889. The van der Waals surface area contributed by atoms with Gasteiger partial charge in [0.05, 0.1) is 12.5 Å². The molecular weight excluding hydrogens is 154 g/mol. The molecule has 0 amide bonds. The monoisotopic (exact) mass is 171 g/mol. The molecule has 1 unspecified atom stereocenters. The second-order valence-corrected chi connectivity index (χ2v) is 3.29. The molecule has 3 heteroatoms. The molecular formula is C9H17NO2. The molecule has 0 spiro atoms. The number of nitrogens with two attached hydrogens (primary N) is 1. The van der Waals surface area contributed by atoms with Crippen LogP contribution in [0.4, 0.5) is 0 Å². The maximum Gasteiger partial charge on any atom is 0.310 e. The van der Waals surface area contributed by atoms with E-state index in [2.05, 4.69) is 0 Å². The van der Waals surface area contributed by atoms with E-state index in [1.54, 1.807) is 0 Å². The van der Waals surface area contributed by atoms with Crippen LogP contribution in [0.1, 0.15) is 26.2 Å². The smallest absolute Gasteiger partial charge is 0.310 e. The minimum absolute atomic E-state index is 0.0429. The number of carbonyl (C=O) groups is 1. The molecule has 1 atom stereocenters. The Morgan fingerprint density at radius 2 is 2.33 bits per heavy atom. The Kier molecular flexibility index (Phi) is 3.53. The summed E-state index contributed by atoms with van der Waals surface area (Å²) in [6.07, 6.45) is 3.52. The largest absolute Gasteiger partial charge is 0.466 e. The van der Waals surface area contributed by atoms with Crippen molar-refractivity contribution in [1.82, 2.24) is 0 Å². The zero-order valence-corrected chi connectivity index (χ0v) is 7.58. The Balaban J connectivity index is 2.37. The fourth-order valence-electron chi connectivity index (χ4n) is 1.57. The number of hydrogen-bond acceptors (Lipinski definition) is 3. The third kappa shape index (κ3) is 1.97. The number of esters is 1. The molecule has 1 aliphatic rings. The van der Waals surface area contributed by atoms with Gasteiger partial charge in [0.2, 0.25) is 0 Å². The maximum absolute atomic E-state index is 11.3. The van der Waals surface area contributed by atoms with Crippen molar-refractivity contribution in [2.24, 2.45) is 17.6 Å². The number of hydrogen-bond donors (Lipinski definition) is 1. The van der Waals surface area contributed by atoms with Gasteiger partial charge in [0, 0.05) is 6.54 Å². The van der Waals surface area contributed by atoms with E-state index in [1.165, 1.54) is 6.42 Å². The standard InChI is InChI=1S/C9H17NO2/c1-2-12-9(11)8(6-10)7-4-3-5-7/h7-8H,2-6,10H2,1H3. The van der Waals surface area contributed by atoms with Crippen LogP contribution in [0.5, 0.6) is 0 Å². The van der Waals surface area contributed by atoms with Gasteiger partial charge in [-0.2, -0.15) is 0 Å². The summed E-state index contributed by atoms with van der Waals surface area (Å²) >= 11 is 0. The summed E-state index contributed by atoms with van der Waals surface area (Å²) in [6, 6.07) is 0. The number of carbonyl (C=O) groups excluding carboxylic acids is 1. The van der Waals surface area contributed by atoms with Crippen LogP contribution in [-0.2, 0) is 9.53 Å². The molecule has 0 saturated heterocycles. The molecule has 0 bridgehead atoms. The molecule has 1 fully saturated rings. The molecule has 0 aromatic rings. The van der Waals surface area contributed by atoms with Crippen molar-refractivity contribution in [2.45, 2.75) is 26.2 Å². The first-order valence-corrected chi connectivity index (χ1v) is 4.66. The van der Waals surface area contributed by atoms with Crippen molar-refractivity contribution in [2.75, 3.05) is 13.2 Å². The lowest BCUT2D eigenvalue weighted by atomic mass is 9.76. The van der Waals surface area contributed by atoms with E-state index in [4.69, 9.17) is 10.5 Å². The van der Waals surface area contributed by atoms with Crippen LogP contribution in [0.2, 0.25) is 0 Å². The van der Waals surface area contributed by atoms with Gasteiger partial charge in [-0.05, 0) is 25.7 Å². The molecule has 0 radical (unpaired) electrons. The highest BCUT2D eigenvalue weighted by atomic mass is 16.5. The highest BCUT2D eigenvalue weighted by molar-refractivity contribution is 5.73. The van der Waals surface area contributed by atoms with E-state index in [0.717, 1.165) is 12.8 Å². The van der Waals surface area contributed by atoms with Crippen LogP contribution >= 0.6 is 0 Å². The second-order valence-electron chi connectivity index (χ2n) is 3.29. The summed E-state index contributed by atoms with van der Waals surface area (Å²) < 4.78 is 4.93. The van der Waals surface area contributed by atoms with E-state index in [9.17, 15) is 4.79 Å². The van der Waals surface area contributed by atoms with Crippen LogP contribution in [0, 0.1) is 11.8 Å². The van der Waals surface area contributed by atoms with Gasteiger partial charge in [-0.25, -0.2) is 0 Å². The lowest BCUT2D eigenvalue weighted by Crippen LogP contribution is -2.35. The Hall–Kier alpha value is -0.570. The van der Waals surface area contributed by atoms with E-state index in [1.807, 2.05) is 6.92 Å². The van der Waals surface area contributed by atoms with E-state index >= 15 is 0 Å². The van der Waals surface area contributed by atoms with Crippen molar-refractivity contribution in [1.29, 1.82) is 0 Å². The Morgan fingerprint density at radius 1 is 1.67 bits per heavy atom. The van der Waals surface area contributed by atoms with Gasteiger partial charge in [0.25, 0.3) is 0 Å². The van der Waals surface area contributed by atoms with Crippen molar-refractivity contribution in [3.63, 3.8) is 0 Å². The highest BCUT2D eigenvalue weighted by Gasteiger charge is 2.32. The molecule has 2 N–H and O–H groups in total. The van der Waals surface area contributed by atoms with Crippen LogP contribution in [-0.4, -0.2) is 19.1 Å². The van der Waals surface area contributed by atoms with Crippen LogP contribution < -0.4 is 5.73 Å². The molecule has 0 heterocycles. The molecule has 0 aliphatic heterocycles. The average Bonchev–Trinajstić information content (AvgIpc) is 1.96. The van der Waals surface area contributed by atoms with Crippen molar-refractivity contribution >= 4 is 5.97 Å². The molecule has 12 heavy (non-hydrogen) atoms. The third-order valence-electron chi connectivity index (χ3n) is 2.56. The zero-order valence-electron chi connectivity index (χ0n) is 7.58. The Bertz CT molecular complexity index is 155. The van der Waals surface area contributed by atoms with Crippen molar-refractivity contribution in [3.05, 3.63) is 0 Å². The predicted molar refractivity (Wildman–Crippen MR) is 46.5 cm³/mol. The van der Waals surface area contributed by atoms with Crippen LogP contribution in [0.25, 0.3) is 0 Å². The summed E-state index contributed by atoms with van der Waals surface area (Å²) in [5, 5.41) is 0. The van der Waals surface area contributed by atoms with Crippen molar-refractivity contribution < 1.29 is 9.53 Å². The van der Waals surface area contributed by atoms with Gasteiger partial charge in [-0.15, -0.1) is 0 Å². The first kappa shape index (κ1) is 9.52. The minimum Gasteiger partial charge on any atom is -0.466 e. The van der Waals surface area contributed by atoms with Crippen LogP contribution in [0.3, 0.4) is 0 Å². The van der Waals surface area contributed by atoms with E-state index < -0.39 is 0 Å². The number of rotatable bonds is 4. The summed E-state index contributed by atoms with van der Waals surface area (Å²) in [6.45, 7) is 2.72. The molecule has 70 valence electrons. The van der Waals surface area contributed by atoms with Gasteiger partial charge in [0.15, 0.2) is 0 Å². The first-order chi connectivity index (χ1) is 5.79. The Labute approximate surface area is 73.3 Å². The van der Waals surface area contributed by atoms with Crippen LogP contribution in [0.15, 0.2) is 0 Å². The predicted octanol–water partition coefficient (Wildman–Crippen LogP) is 0.924. The fourth-order valence-corrected chi connectivity index (χ4v) is 1.57. The van der Waals surface area contributed by atoms with Gasteiger partial charge >= 0.3 is 5.97 Å².